The summed E-state index contributed by atoms with van der Waals surface area (Å²) in [5.41, 5.74) is 2.21. The van der Waals surface area contributed by atoms with Crippen LogP contribution in [0.25, 0.3) is 11.0 Å². The predicted molar refractivity (Wildman–Crippen MR) is 106 cm³/mol. The quantitative estimate of drug-likeness (QED) is 0.642. The minimum absolute atomic E-state index is 0.0413. The number of aliphatic carboxylic acids is 1. The van der Waals surface area contributed by atoms with Crippen LogP contribution in [0.1, 0.15) is 30.2 Å². The fourth-order valence-corrected chi connectivity index (χ4v) is 2.99. The number of ether oxygens (including phenoxy) is 2. The fraction of sp³-hybridized carbons (Fsp3) is 0.273. The Bertz CT molecular complexity index is 1060. The minimum atomic E-state index is -0.936. The van der Waals surface area contributed by atoms with Crippen LogP contribution in [0, 0.1) is 13.8 Å². The Labute approximate surface area is 162 Å². The first kappa shape index (κ1) is 19.5. The number of carboxylic acid groups (broad SMARTS) is 1. The molecule has 0 radical (unpaired) electrons. The first-order chi connectivity index (χ1) is 13.4. The Morgan fingerprint density at radius 1 is 1.07 bits per heavy atom. The van der Waals surface area contributed by atoms with Crippen molar-refractivity contribution in [3.63, 3.8) is 0 Å². The van der Waals surface area contributed by atoms with Gasteiger partial charge in [-0.05, 0) is 49.2 Å². The molecule has 0 saturated carbocycles. The summed E-state index contributed by atoms with van der Waals surface area (Å²) in [6.07, 6.45) is 0.375. The van der Waals surface area contributed by atoms with Crippen LogP contribution >= 0.6 is 0 Å². The second kappa shape index (κ2) is 8.17. The van der Waals surface area contributed by atoms with Crippen molar-refractivity contribution in [3.05, 3.63) is 63.5 Å². The molecule has 3 aromatic rings. The van der Waals surface area contributed by atoms with Gasteiger partial charge in [-0.3, -0.25) is 9.59 Å². The molecule has 3 rings (SSSR count). The van der Waals surface area contributed by atoms with Crippen molar-refractivity contribution in [2.75, 3.05) is 6.61 Å². The molecule has 2 aromatic carbocycles. The number of hydrogen-bond donors (Lipinski definition) is 1. The zero-order chi connectivity index (χ0) is 20.3. The van der Waals surface area contributed by atoms with Gasteiger partial charge in [0.1, 0.15) is 17.1 Å². The van der Waals surface area contributed by atoms with E-state index in [1.807, 2.05) is 39.0 Å². The molecule has 28 heavy (non-hydrogen) atoms. The van der Waals surface area contributed by atoms with Gasteiger partial charge in [0, 0.05) is 12.5 Å². The Hall–Kier alpha value is -3.28. The predicted octanol–water partition coefficient (Wildman–Crippen LogP) is 4.62. The molecule has 0 atom stereocenters. The molecule has 0 aliphatic heterocycles. The third-order valence-corrected chi connectivity index (χ3v) is 4.21. The normalized spacial score (nSPS) is 10.8. The molecule has 0 aliphatic rings. The van der Waals surface area contributed by atoms with Crippen LogP contribution in [0.4, 0.5) is 0 Å². The Balaban J connectivity index is 1.98. The van der Waals surface area contributed by atoms with Crippen molar-refractivity contribution in [1.29, 1.82) is 0 Å². The highest BCUT2D eigenvalue weighted by atomic mass is 16.5. The molecule has 146 valence electrons. The van der Waals surface area contributed by atoms with E-state index >= 15 is 0 Å². The van der Waals surface area contributed by atoms with E-state index in [0.717, 1.165) is 11.1 Å². The van der Waals surface area contributed by atoms with Crippen molar-refractivity contribution in [3.8, 4) is 17.2 Å². The van der Waals surface area contributed by atoms with Crippen LogP contribution in [0.2, 0.25) is 0 Å². The maximum Gasteiger partial charge on any atom is 0.306 e. The highest BCUT2D eigenvalue weighted by molar-refractivity contribution is 5.79. The van der Waals surface area contributed by atoms with Gasteiger partial charge >= 0.3 is 5.97 Å². The molecule has 1 N–H and O–H groups in total. The second-order valence-electron chi connectivity index (χ2n) is 6.61. The van der Waals surface area contributed by atoms with Gasteiger partial charge in [0.2, 0.25) is 11.2 Å². The first-order valence-electron chi connectivity index (χ1n) is 9.08. The lowest BCUT2D eigenvalue weighted by Crippen LogP contribution is -2.09. The summed E-state index contributed by atoms with van der Waals surface area (Å²) in [6.45, 7) is 5.86. The van der Waals surface area contributed by atoms with Crippen molar-refractivity contribution >= 4 is 16.9 Å². The maximum absolute atomic E-state index is 13.0. The Morgan fingerprint density at radius 3 is 2.43 bits per heavy atom. The van der Waals surface area contributed by atoms with Crippen LogP contribution in [0.5, 0.6) is 17.2 Å². The molecule has 1 heterocycles. The zero-order valence-electron chi connectivity index (χ0n) is 16.1. The van der Waals surface area contributed by atoms with E-state index in [1.165, 1.54) is 0 Å². The van der Waals surface area contributed by atoms with Crippen molar-refractivity contribution in [2.45, 2.75) is 33.6 Å². The number of aryl methyl sites for hydroxylation is 3. The van der Waals surface area contributed by atoms with Crippen LogP contribution < -0.4 is 14.9 Å². The average molecular weight is 382 g/mol. The monoisotopic (exact) mass is 382 g/mol. The summed E-state index contributed by atoms with van der Waals surface area (Å²) in [6, 6.07) is 10.6. The molecular weight excluding hydrogens is 360 g/mol. The summed E-state index contributed by atoms with van der Waals surface area (Å²) in [5.74, 6) is 0.724. The molecule has 0 aliphatic carbocycles. The summed E-state index contributed by atoms with van der Waals surface area (Å²) in [7, 11) is 0. The molecule has 1 aromatic heterocycles. The van der Waals surface area contributed by atoms with E-state index in [0.29, 0.717) is 34.6 Å². The molecule has 0 amide bonds. The minimum Gasteiger partial charge on any atom is -0.493 e. The average Bonchev–Trinajstić information content (AvgIpc) is 2.62. The van der Waals surface area contributed by atoms with Gasteiger partial charge < -0.3 is 19.0 Å². The Morgan fingerprint density at radius 2 is 1.79 bits per heavy atom. The van der Waals surface area contributed by atoms with Gasteiger partial charge in [-0.25, -0.2) is 0 Å². The largest absolute Gasteiger partial charge is 0.493 e. The van der Waals surface area contributed by atoms with Crippen LogP contribution in [0.15, 0.2) is 45.6 Å². The highest BCUT2D eigenvalue weighted by Crippen LogP contribution is 2.29. The second-order valence-corrected chi connectivity index (χ2v) is 6.61. The molecule has 0 fully saturated rings. The van der Waals surface area contributed by atoms with Crippen LogP contribution in [0.3, 0.4) is 0 Å². The lowest BCUT2D eigenvalue weighted by Gasteiger charge is -2.12. The lowest BCUT2D eigenvalue weighted by molar-refractivity contribution is -0.137. The van der Waals surface area contributed by atoms with Crippen LogP contribution in [-0.2, 0) is 11.2 Å². The van der Waals surface area contributed by atoms with E-state index in [9.17, 15) is 9.59 Å². The first-order valence-corrected chi connectivity index (χ1v) is 9.08. The van der Waals surface area contributed by atoms with Gasteiger partial charge in [-0.1, -0.05) is 13.0 Å². The van der Waals surface area contributed by atoms with E-state index < -0.39 is 5.97 Å². The number of fused-ring (bicyclic) bond motifs is 1. The van der Waals surface area contributed by atoms with Gasteiger partial charge in [-0.2, -0.15) is 0 Å². The van der Waals surface area contributed by atoms with Crippen LogP contribution in [-0.4, -0.2) is 17.7 Å². The molecule has 6 heteroatoms. The van der Waals surface area contributed by atoms with Crippen molar-refractivity contribution in [1.82, 2.24) is 0 Å². The van der Waals surface area contributed by atoms with Crippen molar-refractivity contribution in [2.24, 2.45) is 0 Å². The fourth-order valence-electron chi connectivity index (χ4n) is 2.99. The van der Waals surface area contributed by atoms with E-state index in [1.54, 1.807) is 18.2 Å². The number of carbonyl (C=O) groups is 1. The van der Waals surface area contributed by atoms with Gasteiger partial charge in [0.15, 0.2) is 5.76 Å². The van der Waals surface area contributed by atoms with Gasteiger partial charge in [-0.15, -0.1) is 0 Å². The van der Waals surface area contributed by atoms with E-state index in [2.05, 4.69) is 0 Å². The summed E-state index contributed by atoms with van der Waals surface area (Å²) < 4.78 is 17.2. The summed E-state index contributed by atoms with van der Waals surface area (Å²) >= 11 is 0. The summed E-state index contributed by atoms with van der Waals surface area (Å²) in [5, 5.41) is 9.08. The van der Waals surface area contributed by atoms with Crippen molar-refractivity contribution < 1.29 is 23.8 Å². The molecule has 6 nitrogen and oxygen atoms in total. The number of benzene rings is 2. The number of rotatable bonds is 7. The lowest BCUT2D eigenvalue weighted by atomic mass is 10.1. The third-order valence-electron chi connectivity index (χ3n) is 4.21. The van der Waals surface area contributed by atoms with E-state index in [4.69, 9.17) is 19.0 Å². The smallest absolute Gasteiger partial charge is 0.306 e. The Kier molecular flexibility index (Phi) is 5.68. The standard InChI is InChI=1S/C22H22O6/c1-4-18-22(27-16-10-13(2)9-14(3)11-16)21(25)17-6-5-15(12-19(17)28-18)26-8-7-20(23)24/h5-6,9-12H,4,7-8H2,1-3H3,(H,23,24). The highest BCUT2D eigenvalue weighted by Gasteiger charge is 2.16. The number of hydrogen-bond acceptors (Lipinski definition) is 5. The molecule has 0 unspecified atom stereocenters. The summed E-state index contributed by atoms with van der Waals surface area (Å²) in [4.78, 5) is 23.6. The molecule has 0 spiro atoms. The van der Waals surface area contributed by atoms with Gasteiger partial charge in [0.25, 0.3) is 0 Å². The zero-order valence-corrected chi connectivity index (χ0v) is 16.1. The van der Waals surface area contributed by atoms with E-state index in [-0.39, 0.29) is 24.2 Å². The molecular formula is C22H22O6. The maximum atomic E-state index is 13.0. The molecule has 0 bridgehead atoms. The third kappa shape index (κ3) is 4.34. The number of carboxylic acids is 1. The SMILES string of the molecule is CCc1oc2cc(OCCC(=O)O)ccc2c(=O)c1Oc1cc(C)cc(C)c1. The topological polar surface area (TPSA) is 86.0 Å². The molecule has 0 saturated heterocycles. The van der Waals surface area contributed by atoms with Gasteiger partial charge in [0.05, 0.1) is 18.4 Å².